The van der Waals surface area contributed by atoms with Crippen LogP contribution in [0.25, 0.3) is 0 Å². The number of carbonyl (C=O) groups is 1. The fraction of sp³-hybridized carbons (Fsp3) is 0.462. The van der Waals surface area contributed by atoms with Crippen LogP contribution < -0.4 is 5.32 Å². The standard InChI is InChI=1S/C13H16BrNO/c14-9-11-6-1-2-7-12(11)15-13(16)8-10-4-3-5-10/h1-2,6-7,10H,3-5,8-9H2,(H,15,16). The maximum Gasteiger partial charge on any atom is 0.224 e. The fourth-order valence-electron chi connectivity index (χ4n) is 1.92. The van der Waals surface area contributed by atoms with E-state index in [-0.39, 0.29) is 5.91 Å². The average Bonchev–Trinajstić information content (AvgIpc) is 2.24. The number of halogens is 1. The smallest absolute Gasteiger partial charge is 0.224 e. The third kappa shape index (κ3) is 2.85. The monoisotopic (exact) mass is 281 g/mol. The molecule has 0 atom stereocenters. The van der Waals surface area contributed by atoms with E-state index in [1.165, 1.54) is 19.3 Å². The Balaban J connectivity index is 1.94. The molecule has 16 heavy (non-hydrogen) atoms. The number of carbonyl (C=O) groups excluding carboxylic acids is 1. The molecule has 1 amide bonds. The van der Waals surface area contributed by atoms with Crippen LogP contribution in [0.5, 0.6) is 0 Å². The van der Waals surface area contributed by atoms with Crippen LogP contribution in [0, 0.1) is 5.92 Å². The number of anilines is 1. The number of hydrogen-bond acceptors (Lipinski definition) is 1. The summed E-state index contributed by atoms with van der Waals surface area (Å²) in [5, 5.41) is 3.76. The molecule has 1 fully saturated rings. The maximum atomic E-state index is 11.8. The predicted octanol–water partition coefficient (Wildman–Crippen LogP) is 3.71. The van der Waals surface area contributed by atoms with Crippen molar-refractivity contribution in [2.45, 2.75) is 31.0 Å². The zero-order valence-electron chi connectivity index (χ0n) is 9.21. The van der Waals surface area contributed by atoms with Gasteiger partial charge in [0.2, 0.25) is 5.91 Å². The van der Waals surface area contributed by atoms with Gasteiger partial charge in [-0.2, -0.15) is 0 Å². The van der Waals surface area contributed by atoms with Gasteiger partial charge in [0.15, 0.2) is 0 Å². The largest absolute Gasteiger partial charge is 0.326 e. The van der Waals surface area contributed by atoms with Crippen LogP contribution in [0.3, 0.4) is 0 Å². The van der Waals surface area contributed by atoms with E-state index in [9.17, 15) is 4.79 Å². The summed E-state index contributed by atoms with van der Waals surface area (Å²) in [6.07, 6.45) is 4.40. The molecular weight excluding hydrogens is 266 g/mol. The van der Waals surface area contributed by atoms with Gasteiger partial charge in [0, 0.05) is 17.4 Å². The Kier molecular flexibility index (Phi) is 3.99. The fourth-order valence-corrected chi connectivity index (χ4v) is 2.41. The molecule has 0 aromatic heterocycles. The lowest BCUT2D eigenvalue weighted by Gasteiger charge is -2.24. The van der Waals surface area contributed by atoms with E-state index >= 15 is 0 Å². The van der Waals surface area contributed by atoms with Gasteiger partial charge < -0.3 is 5.32 Å². The van der Waals surface area contributed by atoms with Gasteiger partial charge in [-0.15, -0.1) is 0 Å². The summed E-state index contributed by atoms with van der Waals surface area (Å²) in [5.41, 5.74) is 2.06. The lowest BCUT2D eigenvalue weighted by molar-refractivity contribution is -0.117. The van der Waals surface area contributed by atoms with Crippen LogP contribution in [-0.2, 0) is 10.1 Å². The molecule has 0 unspecified atom stereocenters. The molecule has 0 spiro atoms. The highest BCUT2D eigenvalue weighted by molar-refractivity contribution is 9.08. The zero-order chi connectivity index (χ0) is 11.4. The van der Waals surface area contributed by atoms with Gasteiger partial charge in [-0.05, 0) is 30.4 Å². The van der Waals surface area contributed by atoms with Gasteiger partial charge >= 0.3 is 0 Å². The second kappa shape index (κ2) is 5.48. The normalized spacial score (nSPS) is 15.6. The third-order valence-electron chi connectivity index (χ3n) is 3.13. The predicted molar refractivity (Wildman–Crippen MR) is 69.7 cm³/mol. The molecule has 1 saturated carbocycles. The first-order valence-corrected chi connectivity index (χ1v) is 6.85. The molecule has 1 aromatic rings. The van der Waals surface area contributed by atoms with E-state index < -0.39 is 0 Å². The second-order valence-electron chi connectivity index (χ2n) is 4.34. The summed E-state index contributed by atoms with van der Waals surface area (Å²) in [4.78, 5) is 11.8. The molecule has 3 heteroatoms. The highest BCUT2D eigenvalue weighted by Gasteiger charge is 2.20. The Bertz CT molecular complexity index is 374. The molecule has 0 radical (unpaired) electrons. The zero-order valence-corrected chi connectivity index (χ0v) is 10.8. The van der Waals surface area contributed by atoms with Gasteiger partial charge in [-0.1, -0.05) is 40.5 Å². The van der Waals surface area contributed by atoms with Gasteiger partial charge in [-0.3, -0.25) is 4.79 Å². The van der Waals surface area contributed by atoms with E-state index in [4.69, 9.17) is 0 Å². The minimum Gasteiger partial charge on any atom is -0.326 e. The Labute approximate surface area is 105 Å². The van der Waals surface area contributed by atoms with Gasteiger partial charge in [-0.25, -0.2) is 0 Å². The van der Waals surface area contributed by atoms with E-state index in [1.54, 1.807) is 0 Å². The molecule has 86 valence electrons. The highest BCUT2D eigenvalue weighted by atomic mass is 79.9. The molecule has 0 heterocycles. The first kappa shape index (κ1) is 11.6. The Morgan fingerprint density at radius 3 is 2.75 bits per heavy atom. The van der Waals surface area contributed by atoms with Crippen molar-refractivity contribution in [2.75, 3.05) is 5.32 Å². The van der Waals surface area contributed by atoms with Crippen LogP contribution in [0.1, 0.15) is 31.2 Å². The highest BCUT2D eigenvalue weighted by Crippen LogP contribution is 2.29. The van der Waals surface area contributed by atoms with Crippen LogP contribution in [0.4, 0.5) is 5.69 Å². The molecule has 1 aliphatic carbocycles. The number of nitrogens with one attached hydrogen (secondary N) is 1. The van der Waals surface area contributed by atoms with Crippen LogP contribution in [-0.4, -0.2) is 5.91 Å². The van der Waals surface area contributed by atoms with Crippen molar-refractivity contribution in [2.24, 2.45) is 5.92 Å². The number of para-hydroxylation sites is 1. The molecule has 2 nitrogen and oxygen atoms in total. The summed E-state index contributed by atoms with van der Waals surface area (Å²) in [6.45, 7) is 0. The number of benzene rings is 1. The van der Waals surface area contributed by atoms with Gasteiger partial charge in [0.1, 0.15) is 0 Å². The van der Waals surface area contributed by atoms with E-state index in [1.807, 2.05) is 24.3 Å². The minimum atomic E-state index is 0.151. The SMILES string of the molecule is O=C(CC1CCC1)Nc1ccccc1CBr. The Hall–Kier alpha value is -0.830. The summed E-state index contributed by atoms with van der Waals surface area (Å²) >= 11 is 3.42. The summed E-state index contributed by atoms with van der Waals surface area (Å²) in [6, 6.07) is 7.91. The molecule has 1 aliphatic rings. The number of amides is 1. The summed E-state index contributed by atoms with van der Waals surface area (Å²) in [5.74, 6) is 0.772. The van der Waals surface area contributed by atoms with E-state index in [2.05, 4.69) is 21.2 Å². The Morgan fingerprint density at radius 1 is 1.38 bits per heavy atom. The number of rotatable bonds is 4. The van der Waals surface area contributed by atoms with Crippen molar-refractivity contribution in [1.29, 1.82) is 0 Å². The van der Waals surface area contributed by atoms with E-state index in [0.717, 1.165) is 16.6 Å². The van der Waals surface area contributed by atoms with Crippen molar-refractivity contribution in [1.82, 2.24) is 0 Å². The number of alkyl halides is 1. The molecule has 2 rings (SSSR count). The van der Waals surface area contributed by atoms with Crippen molar-refractivity contribution in [3.8, 4) is 0 Å². The van der Waals surface area contributed by atoms with Crippen LogP contribution >= 0.6 is 15.9 Å². The van der Waals surface area contributed by atoms with Crippen molar-refractivity contribution < 1.29 is 4.79 Å². The molecule has 0 saturated heterocycles. The quantitative estimate of drug-likeness (QED) is 0.838. The van der Waals surface area contributed by atoms with Crippen molar-refractivity contribution in [3.63, 3.8) is 0 Å². The lowest BCUT2D eigenvalue weighted by atomic mass is 9.83. The summed E-state index contributed by atoms with van der Waals surface area (Å²) < 4.78 is 0. The molecule has 1 N–H and O–H groups in total. The maximum absolute atomic E-state index is 11.8. The van der Waals surface area contributed by atoms with Crippen molar-refractivity contribution in [3.05, 3.63) is 29.8 Å². The average molecular weight is 282 g/mol. The van der Waals surface area contributed by atoms with Gasteiger partial charge in [0.05, 0.1) is 0 Å². The minimum absolute atomic E-state index is 0.151. The summed E-state index contributed by atoms with van der Waals surface area (Å²) in [7, 11) is 0. The number of hydrogen-bond donors (Lipinski definition) is 1. The van der Waals surface area contributed by atoms with Crippen molar-refractivity contribution >= 4 is 27.5 Å². The lowest BCUT2D eigenvalue weighted by Crippen LogP contribution is -2.21. The first-order valence-electron chi connectivity index (χ1n) is 5.73. The van der Waals surface area contributed by atoms with Crippen LogP contribution in [0.2, 0.25) is 0 Å². The van der Waals surface area contributed by atoms with Gasteiger partial charge in [0.25, 0.3) is 0 Å². The first-order chi connectivity index (χ1) is 7.79. The molecule has 0 bridgehead atoms. The molecule has 0 aliphatic heterocycles. The molecular formula is C13H16BrNO. The Morgan fingerprint density at radius 2 is 2.12 bits per heavy atom. The second-order valence-corrected chi connectivity index (χ2v) is 4.90. The van der Waals surface area contributed by atoms with E-state index in [0.29, 0.717) is 12.3 Å². The van der Waals surface area contributed by atoms with Crippen LogP contribution in [0.15, 0.2) is 24.3 Å². The third-order valence-corrected chi connectivity index (χ3v) is 3.74. The topological polar surface area (TPSA) is 29.1 Å². The molecule has 1 aromatic carbocycles.